The number of rotatable bonds is 6. The summed E-state index contributed by atoms with van der Waals surface area (Å²) in [5.74, 6) is 0.616. The monoisotopic (exact) mass is 283 g/mol. The van der Waals surface area contributed by atoms with Gasteiger partial charge in [0, 0.05) is 19.0 Å². The predicted molar refractivity (Wildman–Crippen MR) is 77.3 cm³/mol. The van der Waals surface area contributed by atoms with Gasteiger partial charge in [0.2, 0.25) is 0 Å². The van der Waals surface area contributed by atoms with E-state index in [1.807, 2.05) is 5.51 Å². The summed E-state index contributed by atoms with van der Waals surface area (Å²) in [5.41, 5.74) is 3.79. The molecule has 2 rings (SSSR count). The highest BCUT2D eigenvalue weighted by Crippen LogP contribution is 2.30. The molecular formula is C12H17N3OS2. The first-order valence-electron chi connectivity index (χ1n) is 5.81. The van der Waals surface area contributed by atoms with Crippen molar-refractivity contribution in [2.24, 2.45) is 5.92 Å². The van der Waals surface area contributed by atoms with Gasteiger partial charge in [-0.05, 0) is 5.92 Å². The van der Waals surface area contributed by atoms with Gasteiger partial charge in [-0.1, -0.05) is 13.8 Å². The SMILES string of the molecule is COCc1ncsc1-c1csc(NCC(C)C)n1. The summed E-state index contributed by atoms with van der Waals surface area (Å²) < 4.78 is 5.14. The first kappa shape index (κ1) is 13.5. The van der Waals surface area contributed by atoms with Crippen molar-refractivity contribution in [1.29, 1.82) is 0 Å². The van der Waals surface area contributed by atoms with Gasteiger partial charge in [0.1, 0.15) is 0 Å². The Balaban J connectivity index is 2.11. The minimum atomic E-state index is 0.533. The molecule has 4 nitrogen and oxygen atoms in total. The average Bonchev–Trinajstić information content (AvgIpc) is 2.94. The van der Waals surface area contributed by atoms with Gasteiger partial charge in [-0.2, -0.15) is 0 Å². The standard InChI is InChI=1S/C12H17N3OS2/c1-8(2)4-13-12-15-10(6-17-12)11-9(5-16-3)14-7-18-11/h6-8H,4-5H2,1-3H3,(H,13,15). The molecule has 0 aliphatic heterocycles. The van der Waals surface area contributed by atoms with Crippen molar-refractivity contribution >= 4 is 27.8 Å². The van der Waals surface area contributed by atoms with Crippen molar-refractivity contribution in [2.75, 3.05) is 19.0 Å². The summed E-state index contributed by atoms with van der Waals surface area (Å²) in [7, 11) is 1.68. The van der Waals surface area contributed by atoms with Gasteiger partial charge in [0.15, 0.2) is 5.13 Å². The van der Waals surface area contributed by atoms with Gasteiger partial charge in [-0.25, -0.2) is 9.97 Å². The number of ether oxygens (including phenoxy) is 1. The molecule has 1 N–H and O–H groups in total. The molecule has 0 aromatic carbocycles. The summed E-state index contributed by atoms with van der Waals surface area (Å²) in [6.45, 7) is 5.84. The van der Waals surface area contributed by atoms with E-state index in [4.69, 9.17) is 4.74 Å². The molecule has 0 aliphatic carbocycles. The van der Waals surface area contributed by atoms with Crippen LogP contribution in [0.25, 0.3) is 10.6 Å². The lowest BCUT2D eigenvalue weighted by Gasteiger charge is -2.04. The minimum absolute atomic E-state index is 0.533. The van der Waals surface area contributed by atoms with E-state index in [9.17, 15) is 0 Å². The van der Waals surface area contributed by atoms with E-state index in [1.54, 1.807) is 29.8 Å². The van der Waals surface area contributed by atoms with Gasteiger partial charge >= 0.3 is 0 Å². The summed E-state index contributed by atoms with van der Waals surface area (Å²) in [5, 5.41) is 6.37. The molecule has 98 valence electrons. The van der Waals surface area contributed by atoms with Crippen LogP contribution < -0.4 is 5.32 Å². The summed E-state index contributed by atoms with van der Waals surface area (Å²) in [4.78, 5) is 10.00. The predicted octanol–water partition coefficient (Wildman–Crippen LogP) is 3.48. The topological polar surface area (TPSA) is 47.0 Å². The maximum atomic E-state index is 5.14. The van der Waals surface area contributed by atoms with Crippen LogP contribution in [0.1, 0.15) is 19.5 Å². The summed E-state index contributed by atoms with van der Waals surface area (Å²) in [6.07, 6.45) is 0. The Kier molecular flexibility index (Phi) is 4.68. The fourth-order valence-electron chi connectivity index (χ4n) is 1.47. The maximum Gasteiger partial charge on any atom is 0.183 e. The molecule has 0 unspecified atom stereocenters. The van der Waals surface area contributed by atoms with E-state index >= 15 is 0 Å². The van der Waals surface area contributed by atoms with Crippen LogP contribution >= 0.6 is 22.7 Å². The fraction of sp³-hybridized carbons (Fsp3) is 0.500. The second kappa shape index (κ2) is 6.26. The first-order chi connectivity index (χ1) is 8.70. The van der Waals surface area contributed by atoms with Crippen molar-refractivity contribution in [3.8, 4) is 10.6 Å². The van der Waals surface area contributed by atoms with E-state index in [1.165, 1.54) is 0 Å². The molecular weight excluding hydrogens is 266 g/mol. The van der Waals surface area contributed by atoms with Gasteiger partial charge < -0.3 is 10.1 Å². The number of methoxy groups -OCH3 is 1. The summed E-state index contributed by atoms with van der Waals surface area (Å²) >= 11 is 3.24. The van der Waals surface area contributed by atoms with Crippen LogP contribution in [0.5, 0.6) is 0 Å². The zero-order valence-electron chi connectivity index (χ0n) is 10.8. The maximum absolute atomic E-state index is 5.14. The van der Waals surface area contributed by atoms with Gasteiger partial charge in [-0.15, -0.1) is 22.7 Å². The molecule has 6 heteroatoms. The van der Waals surface area contributed by atoms with Crippen molar-refractivity contribution in [1.82, 2.24) is 9.97 Å². The number of thiazole rings is 2. The smallest absolute Gasteiger partial charge is 0.183 e. The largest absolute Gasteiger partial charge is 0.378 e. The third-order valence-electron chi connectivity index (χ3n) is 2.32. The van der Waals surface area contributed by atoms with E-state index in [2.05, 4.69) is 34.5 Å². The Labute approximate surface area is 115 Å². The molecule has 18 heavy (non-hydrogen) atoms. The molecule has 0 spiro atoms. The zero-order valence-corrected chi connectivity index (χ0v) is 12.4. The number of hydrogen-bond acceptors (Lipinski definition) is 6. The van der Waals surface area contributed by atoms with E-state index < -0.39 is 0 Å². The lowest BCUT2D eigenvalue weighted by molar-refractivity contribution is 0.182. The molecule has 0 saturated carbocycles. The van der Waals surface area contributed by atoms with Crippen LogP contribution in [-0.2, 0) is 11.3 Å². The molecule has 0 amide bonds. The Morgan fingerprint density at radius 1 is 1.39 bits per heavy atom. The van der Waals surface area contributed by atoms with Crippen LogP contribution in [-0.4, -0.2) is 23.6 Å². The van der Waals surface area contributed by atoms with Crippen LogP contribution in [0, 0.1) is 5.92 Å². The number of aromatic nitrogens is 2. The molecule has 0 fully saturated rings. The third-order valence-corrected chi connectivity index (χ3v) is 4.01. The van der Waals surface area contributed by atoms with Gasteiger partial charge in [0.25, 0.3) is 0 Å². The Morgan fingerprint density at radius 3 is 2.94 bits per heavy atom. The summed E-state index contributed by atoms with van der Waals surface area (Å²) in [6, 6.07) is 0. The molecule has 0 radical (unpaired) electrons. The second-order valence-corrected chi connectivity index (χ2v) is 6.09. The normalized spacial score (nSPS) is 11.1. The molecule has 2 heterocycles. The highest BCUT2D eigenvalue weighted by atomic mass is 32.1. The van der Waals surface area contributed by atoms with Crippen molar-refractivity contribution in [2.45, 2.75) is 20.5 Å². The van der Waals surface area contributed by atoms with Crippen LogP contribution in [0.3, 0.4) is 0 Å². The lowest BCUT2D eigenvalue weighted by atomic mass is 10.2. The molecule has 0 saturated heterocycles. The van der Waals surface area contributed by atoms with Crippen molar-refractivity contribution in [3.63, 3.8) is 0 Å². The van der Waals surface area contributed by atoms with Crippen LogP contribution in [0.4, 0.5) is 5.13 Å². The molecule has 0 bridgehead atoms. The van der Waals surface area contributed by atoms with Crippen molar-refractivity contribution < 1.29 is 4.74 Å². The number of anilines is 1. The molecule has 2 aromatic heterocycles. The van der Waals surface area contributed by atoms with E-state index in [0.29, 0.717) is 12.5 Å². The number of hydrogen-bond donors (Lipinski definition) is 1. The zero-order chi connectivity index (χ0) is 13.0. The highest BCUT2D eigenvalue weighted by molar-refractivity contribution is 7.15. The Morgan fingerprint density at radius 2 is 2.22 bits per heavy atom. The van der Waals surface area contributed by atoms with Crippen LogP contribution in [0.15, 0.2) is 10.9 Å². The molecule has 0 aliphatic rings. The Hall–Kier alpha value is -0.980. The molecule has 0 atom stereocenters. The lowest BCUT2D eigenvalue weighted by Crippen LogP contribution is -2.07. The number of nitrogens with zero attached hydrogens (tertiary/aromatic N) is 2. The average molecular weight is 283 g/mol. The van der Waals surface area contributed by atoms with Gasteiger partial charge in [-0.3, -0.25) is 0 Å². The second-order valence-electron chi connectivity index (χ2n) is 4.37. The molecule has 2 aromatic rings. The highest BCUT2D eigenvalue weighted by Gasteiger charge is 2.12. The van der Waals surface area contributed by atoms with E-state index in [-0.39, 0.29) is 0 Å². The van der Waals surface area contributed by atoms with E-state index in [0.717, 1.165) is 27.9 Å². The quantitative estimate of drug-likeness (QED) is 0.881. The van der Waals surface area contributed by atoms with Crippen LogP contribution in [0.2, 0.25) is 0 Å². The fourth-order valence-corrected chi connectivity index (χ4v) is 3.01. The third kappa shape index (κ3) is 3.28. The van der Waals surface area contributed by atoms with Gasteiger partial charge in [0.05, 0.1) is 28.4 Å². The first-order valence-corrected chi connectivity index (χ1v) is 7.57. The minimum Gasteiger partial charge on any atom is -0.378 e. The number of nitrogens with one attached hydrogen (secondary N) is 1. The van der Waals surface area contributed by atoms with Crippen molar-refractivity contribution in [3.05, 3.63) is 16.6 Å². The Bertz CT molecular complexity index is 493.